The van der Waals surface area contributed by atoms with Gasteiger partial charge in [-0.05, 0) is 55.7 Å². The summed E-state index contributed by atoms with van der Waals surface area (Å²) in [6.45, 7) is 1.91. The lowest BCUT2D eigenvalue weighted by Crippen LogP contribution is -2.42. The summed E-state index contributed by atoms with van der Waals surface area (Å²) < 4.78 is 0. The van der Waals surface area contributed by atoms with E-state index < -0.39 is 11.9 Å². The average Bonchev–Trinajstić information content (AvgIpc) is 3.08. The summed E-state index contributed by atoms with van der Waals surface area (Å²) in [5.74, 6) is -1.39. The van der Waals surface area contributed by atoms with Crippen molar-refractivity contribution >= 4 is 11.9 Å². The molecule has 1 heterocycles. The Labute approximate surface area is 123 Å². The first-order valence-corrected chi connectivity index (χ1v) is 7.51. The molecule has 2 aliphatic rings. The zero-order chi connectivity index (χ0) is 15.0. The fourth-order valence-corrected chi connectivity index (χ4v) is 4.07. The standard InChI is InChI=1S/C16H20N2O3/c1-9(10-4-6-17-7-5-10)18-15(19)13-11-2-3-12(8-11)14(13)16(20)21/h4-7,9,11-14H,2-3,8H2,1H3,(H,18,19)(H,20,21)/t9-,11-,12-,13+,14+/m0/s1. The van der Waals surface area contributed by atoms with Crippen LogP contribution in [0.15, 0.2) is 24.5 Å². The Bertz CT molecular complexity index is 546. The number of aliphatic carboxylic acids is 1. The Morgan fingerprint density at radius 3 is 2.48 bits per heavy atom. The third-order valence-electron chi connectivity index (χ3n) is 5.07. The molecule has 5 nitrogen and oxygen atoms in total. The summed E-state index contributed by atoms with van der Waals surface area (Å²) >= 11 is 0. The van der Waals surface area contributed by atoms with Crippen molar-refractivity contribution in [2.75, 3.05) is 0 Å². The molecular weight excluding hydrogens is 268 g/mol. The predicted molar refractivity (Wildman–Crippen MR) is 76.2 cm³/mol. The fourth-order valence-electron chi connectivity index (χ4n) is 4.07. The number of nitrogens with zero attached hydrogens (tertiary/aromatic N) is 1. The van der Waals surface area contributed by atoms with Crippen molar-refractivity contribution in [2.24, 2.45) is 23.7 Å². The van der Waals surface area contributed by atoms with Crippen molar-refractivity contribution in [1.29, 1.82) is 0 Å². The van der Waals surface area contributed by atoms with Crippen LogP contribution in [0.1, 0.15) is 37.8 Å². The number of amides is 1. The monoisotopic (exact) mass is 288 g/mol. The molecule has 2 fully saturated rings. The highest BCUT2D eigenvalue weighted by Gasteiger charge is 2.54. The molecule has 112 valence electrons. The van der Waals surface area contributed by atoms with Gasteiger partial charge in [0.1, 0.15) is 0 Å². The van der Waals surface area contributed by atoms with Crippen LogP contribution < -0.4 is 5.32 Å². The smallest absolute Gasteiger partial charge is 0.307 e. The van der Waals surface area contributed by atoms with Crippen LogP contribution in [0.5, 0.6) is 0 Å². The fraction of sp³-hybridized carbons (Fsp3) is 0.562. The average molecular weight is 288 g/mol. The van der Waals surface area contributed by atoms with E-state index in [9.17, 15) is 14.7 Å². The summed E-state index contributed by atoms with van der Waals surface area (Å²) in [7, 11) is 0. The lowest BCUT2D eigenvalue weighted by molar-refractivity contribution is -0.149. The number of carboxylic acids is 1. The van der Waals surface area contributed by atoms with E-state index in [-0.39, 0.29) is 29.7 Å². The molecular formula is C16H20N2O3. The molecule has 21 heavy (non-hydrogen) atoms. The van der Waals surface area contributed by atoms with E-state index in [4.69, 9.17) is 0 Å². The lowest BCUT2D eigenvalue weighted by Gasteiger charge is -2.28. The number of hydrogen-bond donors (Lipinski definition) is 2. The van der Waals surface area contributed by atoms with Crippen LogP contribution in [0.3, 0.4) is 0 Å². The zero-order valence-corrected chi connectivity index (χ0v) is 12.0. The van der Waals surface area contributed by atoms with Crippen molar-refractivity contribution < 1.29 is 14.7 Å². The molecule has 0 saturated heterocycles. The number of hydrogen-bond acceptors (Lipinski definition) is 3. The minimum atomic E-state index is -0.820. The molecule has 0 aliphatic heterocycles. The number of carboxylic acid groups (broad SMARTS) is 1. The van der Waals surface area contributed by atoms with Gasteiger partial charge in [-0.1, -0.05) is 0 Å². The maximum Gasteiger partial charge on any atom is 0.307 e. The van der Waals surface area contributed by atoms with Gasteiger partial charge in [0.15, 0.2) is 0 Å². The van der Waals surface area contributed by atoms with E-state index in [1.165, 1.54) is 0 Å². The van der Waals surface area contributed by atoms with E-state index in [0.717, 1.165) is 24.8 Å². The maximum atomic E-state index is 12.5. The van der Waals surface area contributed by atoms with Crippen LogP contribution in [0, 0.1) is 23.7 Å². The van der Waals surface area contributed by atoms with Gasteiger partial charge >= 0.3 is 5.97 Å². The number of rotatable bonds is 4. The van der Waals surface area contributed by atoms with E-state index >= 15 is 0 Å². The van der Waals surface area contributed by atoms with E-state index in [1.807, 2.05) is 19.1 Å². The molecule has 5 atom stereocenters. The molecule has 2 bridgehead atoms. The van der Waals surface area contributed by atoms with Gasteiger partial charge in [0.2, 0.25) is 5.91 Å². The molecule has 2 N–H and O–H groups in total. The highest BCUT2D eigenvalue weighted by molar-refractivity contribution is 5.86. The SMILES string of the molecule is C[C@H](NC(=O)[C@@H]1[C@H]2CC[C@@H](C2)[C@H]1C(=O)O)c1ccncc1. The normalized spacial score (nSPS) is 31.9. The molecule has 1 aromatic rings. The number of carbonyl (C=O) groups excluding carboxylic acids is 1. The summed E-state index contributed by atoms with van der Waals surface area (Å²) in [5, 5.41) is 12.4. The maximum absolute atomic E-state index is 12.5. The molecule has 5 heteroatoms. The summed E-state index contributed by atoms with van der Waals surface area (Å²) in [6, 6.07) is 3.59. The van der Waals surface area contributed by atoms with Crippen LogP contribution in [0.4, 0.5) is 0 Å². The Morgan fingerprint density at radius 1 is 1.24 bits per heavy atom. The molecule has 0 aromatic carbocycles. The first-order chi connectivity index (χ1) is 10.1. The van der Waals surface area contributed by atoms with Gasteiger partial charge in [0.25, 0.3) is 0 Å². The van der Waals surface area contributed by atoms with Crippen molar-refractivity contribution in [2.45, 2.75) is 32.2 Å². The Balaban J connectivity index is 1.72. The lowest BCUT2D eigenvalue weighted by atomic mass is 9.78. The summed E-state index contributed by atoms with van der Waals surface area (Å²) in [4.78, 5) is 28.0. The number of carbonyl (C=O) groups is 2. The van der Waals surface area contributed by atoms with Crippen LogP contribution in [-0.2, 0) is 9.59 Å². The zero-order valence-electron chi connectivity index (χ0n) is 12.0. The van der Waals surface area contributed by atoms with Gasteiger partial charge < -0.3 is 10.4 Å². The largest absolute Gasteiger partial charge is 0.481 e. The third-order valence-corrected chi connectivity index (χ3v) is 5.07. The van der Waals surface area contributed by atoms with Gasteiger partial charge in [0.05, 0.1) is 17.9 Å². The molecule has 1 amide bonds. The third kappa shape index (κ3) is 2.52. The van der Waals surface area contributed by atoms with E-state index in [0.29, 0.717) is 0 Å². The van der Waals surface area contributed by atoms with Gasteiger partial charge in [-0.25, -0.2) is 0 Å². The molecule has 2 saturated carbocycles. The number of aromatic nitrogens is 1. The van der Waals surface area contributed by atoms with E-state index in [2.05, 4.69) is 10.3 Å². The minimum Gasteiger partial charge on any atom is -0.481 e. The first-order valence-electron chi connectivity index (χ1n) is 7.51. The molecule has 3 rings (SSSR count). The van der Waals surface area contributed by atoms with Crippen LogP contribution >= 0.6 is 0 Å². The van der Waals surface area contributed by atoms with E-state index in [1.54, 1.807) is 12.4 Å². The second-order valence-corrected chi connectivity index (χ2v) is 6.23. The van der Waals surface area contributed by atoms with Crippen molar-refractivity contribution in [3.05, 3.63) is 30.1 Å². The predicted octanol–water partition coefficient (Wildman–Crippen LogP) is 2.01. The number of pyridine rings is 1. The quantitative estimate of drug-likeness (QED) is 0.888. The summed E-state index contributed by atoms with van der Waals surface area (Å²) in [5.41, 5.74) is 0.980. The van der Waals surface area contributed by atoms with Crippen LogP contribution in [0.2, 0.25) is 0 Å². The van der Waals surface area contributed by atoms with Crippen LogP contribution in [-0.4, -0.2) is 22.0 Å². The van der Waals surface area contributed by atoms with Gasteiger partial charge in [0, 0.05) is 12.4 Å². The second-order valence-electron chi connectivity index (χ2n) is 6.23. The second kappa shape index (κ2) is 5.47. The topological polar surface area (TPSA) is 79.3 Å². The van der Waals surface area contributed by atoms with Crippen molar-refractivity contribution in [3.8, 4) is 0 Å². The Hall–Kier alpha value is -1.91. The molecule has 0 unspecified atom stereocenters. The number of nitrogens with one attached hydrogen (secondary N) is 1. The van der Waals surface area contributed by atoms with Gasteiger partial charge in [-0.3, -0.25) is 14.6 Å². The highest BCUT2D eigenvalue weighted by Crippen LogP contribution is 2.52. The first kappa shape index (κ1) is 14.0. The molecule has 1 aromatic heterocycles. The van der Waals surface area contributed by atoms with Crippen LogP contribution in [0.25, 0.3) is 0 Å². The van der Waals surface area contributed by atoms with Crippen molar-refractivity contribution in [3.63, 3.8) is 0 Å². The number of fused-ring (bicyclic) bond motifs is 2. The minimum absolute atomic E-state index is 0.112. The van der Waals surface area contributed by atoms with Gasteiger partial charge in [-0.15, -0.1) is 0 Å². The Kier molecular flexibility index (Phi) is 3.66. The molecule has 0 spiro atoms. The molecule has 0 radical (unpaired) electrons. The Morgan fingerprint density at radius 2 is 1.86 bits per heavy atom. The summed E-state index contributed by atoms with van der Waals surface area (Å²) in [6.07, 6.45) is 6.20. The highest BCUT2D eigenvalue weighted by atomic mass is 16.4. The van der Waals surface area contributed by atoms with Gasteiger partial charge in [-0.2, -0.15) is 0 Å². The van der Waals surface area contributed by atoms with Crippen molar-refractivity contribution in [1.82, 2.24) is 10.3 Å². The molecule has 2 aliphatic carbocycles.